The number of sulfonamides is 1. The summed E-state index contributed by atoms with van der Waals surface area (Å²) in [6, 6.07) is 10.8. The topological polar surface area (TPSA) is 105 Å². The van der Waals surface area contributed by atoms with Crippen LogP contribution in [0.2, 0.25) is 5.02 Å². The molecule has 1 aliphatic heterocycles. The molecule has 1 atom stereocenters. The number of hydrogen-bond acceptors (Lipinski definition) is 6. The number of ether oxygens (including phenoxy) is 2. The van der Waals surface area contributed by atoms with Gasteiger partial charge in [0.15, 0.2) is 11.5 Å². The molecule has 3 rings (SSSR count). The van der Waals surface area contributed by atoms with Crippen LogP contribution >= 0.6 is 11.6 Å². The minimum atomic E-state index is -3.85. The fraction of sp³-hybridized carbons (Fsp3) is 0.417. The summed E-state index contributed by atoms with van der Waals surface area (Å²) in [6.45, 7) is 5.54. The number of rotatable bonds is 10. The molecule has 35 heavy (non-hydrogen) atoms. The number of carbonyl (C=O) groups is 2. The molecule has 2 amide bonds. The normalized spacial score (nSPS) is 13.4. The lowest BCUT2D eigenvalue weighted by molar-refractivity contribution is -0.139. The van der Waals surface area contributed by atoms with E-state index in [-0.39, 0.29) is 30.9 Å². The monoisotopic (exact) mass is 523 g/mol. The molecule has 0 aliphatic carbocycles. The Morgan fingerprint density at radius 3 is 2.43 bits per heavy atom. The largest absolute Gasteiger partial charge is 0.454 e. The zero-order valence-electron chi connectivity index (χ0n) is 20.2. The molecule has 190 valence electrons. The van der Waals surface area contributed by atoms with Gasteiger partial charge >= 0.3 is 0 Å². The molecule has 0 radical (unpaired) electrons. The summed E-state index contributed by atoms with van der Waals surface area (Å²) in [5, 5.41) is 3.27. The average Bonchev–Trinajstić information content (AvgIpc) is 3.27. The molecule has 0 spiro atoms. The maximum atomic E-state index is 13.5. The Balaban J connectivity index is 1.90. The summed E-state index contributed by atoms with van der Waals surface area (Å²) in [7, 11) is -3.85. The van der Waals surface area contributed by atoms with Crippen LogP contribution in [0.4, 0.5) is 5.69 Å². The van der Waals surface area contributed by atoms with E-state index in [1.807, 2.05) is 13.8 Å². The second kappa shape index (κ2) is 11.2. The summed E-state index contributed by atoms with van der Waals surface area (Å²) in [6.07, 6.45) is 1.02. The van der Waals surface area contributed by atoms with Gasteiger partial charge in [-0.3, -0.25) is 13.9 Å². The third kappa shape index (κ3) is 6.79. The number of nitrogens with one attached hydrogen (secondary N) is 1. The van der Waals surface area contributed by atoms with Gasteiger partial charge in [0.25, 0.3) is 0 Å². The molecule has 0 unspecified atom stereocenters. The maximum absolute atomic E-state index is 13.5. The third-order valence-electron chi connectivity index (χ3n) is 5.47. The first-order valence-electron chi connectivity index (χ1n) is 11.1. The number of amides is 2. The van der Waals surface area contributed by atoms with Gasteiger partial charge in [-0.15, -0.1) is 0 Å². The summed E-state index contributed by atoms with van der Waals surface area (Å²) < 4.78 is 37.0. The molecule has 9 nitrogen and oxygen atoms in total. The molecule has 1 heterocycles. The van der Waals surface area contributed by atoms with Gasteiger partial charge < -0.3 is 19.7 Å². The van der Waals surface area contributed by atoms with Gasteiger partial charge in [0, 0.05) is 24.2 Å². The van der Waals surface area contributed by atoms with Crippen molar-refractivity contribution in [3.8, 4) is 11.5 Å². The number of hydrogen-bond donors (Lipinski definition) is 1. The van der Waals surface area contributed by atoms with Crippen LogP contribution in [0.5, 0.6) is 11.5 Å². The predicted octanol–water partition coefficient (Wildman–Crippen LogP) is 3.02. The van der Waals surface area contributed by atoms with Crippen molar-refractivity contribution in [2.45, 2.75) is 33.4 Å². The van der Waals surface area contributed by atoms with Crippen LogP contribution in [0.3, 0.4) is 0 Å². The summed E-state index contributed by atoms with van der Waals surface area (Å²) in [5.74, 6) is 0.209. The van der Waals surface area contributed by atoms with Crippen LogP contribution in [-0.4, -0.2) is 57.3 Å². The van der Waals surface area contributed by atoms with Crippen LogP contribution in [0.25, 0.3) is 0 Å². The summed E-state index contributed by atoms with van der Waals surface area (Å²) in [4.78, 5) is 27.7. The molecule has 1 N–H and O–H groups in total. The smallest absolute Gasteiger partial charge is 0.244 e. The van der Waals surface area contributed by atoms with Crippen LogP contribution in [0, 0.1) is 5.92 Å². The van der Waals surface area contributed by atoms with Crippen LogP contribution in [-0.2, 0) is 26.2 Å². The quantitative estimate of drug-likeness (QED) is 0.513. The molecule has 0 fully saturated rings. The Morgan fingerprint density at radius 2 is 1.77 bits per heavy atom. The van der Waals surface area contributed by atoms with Gasteiger partial charge in [-0.1, -0.05) is 43.6 Å². The lowest BCUT2D eigenvalue weighted by atomic mass is 10.1. The molecule has 0 saturated carbocycles. The second-order valence-corrected chi connectivity index (χ2v) is 11.0. The van der Waals surface area contributed by atoms with Crippen molar-refractivity contribution in [3.05, 3.63) is 53.1 Å². The predicted molar refractivity (Wildman–Crippen MR) is 134 cm³/mol. The van der Waals surface area contributed by atoms with E-state index < -0.39 is 28.5 Å². The Kier molecular flexibility index (Phi) is 8.50. The summed E-state index contributed by atoms with van der Waals surface area (Å²) in [5.41, 5.74) is 0.889. The van der Waals surface area contributed by atoms with E-state index >= 15 is 0 Å². The molecule has 0 saturated heterocycles. The van der Waals surface area contributed by atoms with Gasteiger partial charge in [0.2, 0.25) is 28.6 Å². The van der Waals surface area contributed by atoms with Gasteiger partial charge in [-0.05, 0) is 36.6 Å². The molecule has 2 aromatic carbocycles. The first kappa shape index (κ1) is 26.6. The number of anilines is 1. The molecular weight excluding hydrogens is 494 g/mol. The molecule has 1 aliphatic rings. The standard InChI is InChI=1S/C24H30ClN3O6S/c1-16(2)12-26-24(30)17(3)27(13-18-7-5-6-8-20(18)25)23(29)14-28(35(4,31)32)19-9-10-21-22(11-19)34-15-33-21/h5-11,16-17H,12-15H2,1-4H3,(H,26,30)/t17-/m0/s1. The van der Waals surface area contributed by atoms with Crippen molar-refractivity contribution in [2.75, 3.05) is 30.4 Å². The third-order valence-corrected chi connectivity index (χ3v) is 6.98. The van der Waals surface area contributed by atoms with Gasteiger partial charge in [-0.25, -0.2) is 8.42 Å². The fourth-order valence-corrected chi connectivity index (χ4v) is 4.54. The Morgan fingerprint density at radius 1 is 1.09 bits per heavy atom. The lowest BCUT2D eigenvalue weighted by Gasteiger charge is -2.31. The number of fused-ring (bicyclic) bond motifs is 1. The van der Waals surface area contributed by atoms with Crippen molar-refractivity contribution >= 4 is 39.1 Å². The minimum absolute atomic E-state index is 0.0329. The highest BCUT2D eigenvalue weighted by atomic mass is 35.5. The first-order valence-corrected chi connectivity index (χ1v) is 13.4. The lowest BCUT2D eigenvalue weighted by Crippen LogP contribution is -2.51. The molecule has 0 bridgehead atoms. The zero-order valence-corrected chi connectivity index (χ0v) is 21.7. The Hall–Kier alpha value is -2.98. The van der Waals surface area contributed by atoms with Crippen molar-refractivity contribution in [3.63, 3.8) is 0 Å². The molecule has 2 aromatic rings. The summed E-state index contributed by atoms with van der Waals surface area (Å²) >= 11 is 6.32. The van der Waals surface area contributed by atoms with E-state index in [0.29, 0.717) is 28.6 Å². The molecule has 0 aromatic heterocycles. The number of benzene rings is 2. The number of nitrogens with zero attached hydrogens (tertiary/aromatic N) is 2. The fourth-order valence-electron chi connectivity index (χ4n) is 3.50. The van der Waals surface area contributed by atoms with E-state index in [1.54, 1.807) is 43.3 Å². The van der Waals surface area contributed by atoms with Gasteiger partial charge in [-0.2, -0.15) is 0 Å². The minimum Gasteiger partial charge on any atom is -0.454 e. The van der Waals surface area contributed by atoms with E-state index in [0.717, 1.165) is 10.6 Å². The van der Waals surface area contributed by atoms with Gasteiger partial charge in [0.1, 0.15) is 12.6 Å². The second-order valence-electron chi connectivity index (χ2n) is 8.74. The van der Waals surface area contributed by atoms with Crippen LogP contribution < -0.4 is 19.1 Å². The van der Waals surface area contributed by atoms with Crippen molar-refractivity contribution in [1.29, 1.82) is 0 Å². The average molecular weight is 524 g/mol. The van der Waals surface area contributed by atoms with Crippen molar-refractivity contribution < 1.29 is 27.5 Å². The molecular formula is C24H30ClN3O6S. The highest BCUT2D eigenvalue weighted by molar-refractivity contribution is 7.92. The first-order chi connectivity index (χ1) is 16.5. The van der Waals surface area contributed by atoms with Crippen LogP contribution in [0.1, 0.15) is 26.3 Å². The Labute approximate surface area is 211 Å². The highest BCUT2D eigenvalue weighted by Crippen LogP contribution is 2.36. The van der Waals surface area contributed by atoms with E-state index in [2.05, 4.69) is 5.32 Å². The van der Waals surface area contributed by atoms with Crippen LogP contribution in [0.15, 0.2) is 42.5 Å². The highest BCUT2D eigenvalue weighted by Gasteiger charge is 2.31. The number of halogens is 1. The zero-order chi connectivity index (χ0) is 25.8. The van der Waals surface area contributed by atoms with E-state index in [1.165, 1.54) is 11.0 Å². The van der Waals surface area contributed by atoms with E-state index in [9.17, 15) is 18.0 Å². The van der Waals surface area contributed by atoms with Crippen molar-refractivity contribution in [1.82, 2.24) is 10.2 Å². The van der Waals surface area contributed by atoms with E-state index in [4.69, 9.17) is 21.1 Å². The molecule has 11 heteroatoms. The van der Waals surface area contributed by atoms with Gasteiger partial charge in [0.05, 0.1) is 11.9 Å². The maximum Gasteiger partial charge on any atom is 0.244 e. The number of carbonyl (C=O) groups excluding carboxylic acids is 2. The Bertz CT molecular complexity index is 1190. The van der Waals surface area contributed by atoms with Crippen molar-refractivity contribution in [2.24, 2.45) is 5.92 Å². The SMILES string of the molecule is CC(C)CNC(=O)[C@H](C)N(Cc1ccccc1Cl)C(=O)CN(c1ccc2c(c1)OCO2)S(C)(=O)=O.